The third-order valence-electron chi connectivity index (χ3n) is 3.63. The van der Waals surface area contributed by atoms with E-state index in [1.807, 2.05) is 25.1 Å². The number of carbonyl (C=O) groups is 1. The molecule has 0 saturated carbocycles. The van der Waals surface area contributed by atoms with Crippen molar-refractivity contribution in [3.05, 3.63) is 47.5 Å². The first-order valence-electron chi connectivity index (χ1n) is 7.47. The van der Waals surface area contributed by atoms with E-state index in [1.54, 1.807) is 32.4 Å². The summed E-state index contributed by atoms with van der Waals surface area (Å²) in [5.74, 6) is 1.22. The van der Waals surface area contributed by atoms with E-state index >= 15 is 0 Å². The molecule has 0 unspecified atom stereocenters. The smallest absolute Gasteiger partial charge is 0.323 e. The van der Waals surface area contributed by atoms with Gasteiger partial charge in [0.25, 0.3) is 0 Å². The third kappa shape index (κ3) is 3.94. The molecule has 0 radical (unpaired) electrons. The fourth-order valence-corrected chi connectivity index (χ4v) is 2.38. The summed E-state index contributed by atoms with van der Waals surface area (Å²) >= 11 is 0. The van der Waals surface area contributed by atoms with Crippen molar-refractivity contribution in [3.63, 3.8) is 0 Å². The van der Waals surface area contributed by atoms with Crippen LogP contribution < -0.4 is 20.1 Å². The average Bonchev–Trinajstić information content (AvgIpc) is 2.56. The fraction of sp³-hybridized carbons (Fsp3) is 0.278. The van der Waals surface area contributed by atoms with Gasteiger partial charge in [-0.1, -0.05) is 25.1 Å². The Morgan fingerprint density at radius 3 is 2.52 bits per heavy atom. The zero-order chi connectivity index (χ0) is 16.8. The highest BCUT2D eigenvalue weighted by atomic mass is 16.5. The van der Waals surface area contributed by atoms with Crippen molar-refractivity contribution in [2.24, 2.45) is 0 Å². The van der Waals surface area contributed by atoms with Crippen LogP contribution in [0.4, 0.5) is 16.2 Å². The lowest BCUT2D eigenvalue weighted by Gasteiger charge is -2.15. The molecule has 2 N–H and O–H groups in total. The van der Waals surface area contributed by atoms with E-state index in [0.717, 1.165) is 23.2 Å². The average molecular weight is 314 g/mol. The quantitative estimate of drug-likeness (QED) is 0.868. The third-order valence-corrected chi connectivity index (χ3v) is 3.63. The molecule has 2 amide bonds. The van der Waals surface area contributed by atoms with Crippen LogP contribution in [-0.2, 0) is 6.42 Å². The molecule has 122 valence electrons. The van der Waals surface area contributed by atoms with E-state index in [1.165, 1.54) is 0 Å². The molecule has 2 aromatic carbocycles. The number of urea groups is 1. The van der Waals surface area contributed by atoms with E-state index < -0.39 is 0 Å². The molecule has 0 saturated heterocycles. The molecule has 0 heterocycles. The predicted molar refractivity (Wildman–Crippen MR) is 92.7 cm³/mol. The van der Waals surface area contributed by atoms with Crippen LogP contribution in [0, 0.1) is 6.92 Å². The summed E-state index contributed by atoms with van der Waals surface area (Å²) in [5, 5.41) is 5.73. The van der Waals surface area contributed by atoms with Gasteiger partial charge in [0, 0.05) is 11.8 Å². The van der Waals surface area contributed by atoms with Gasteiger partial charge in [-0.15, -0.1) is 0 Å². The SMILES string of the molecule is CCc1cccc(C)c1NC(=O)Nc1cc(OC)ccc1OC. The molecule has 0 aliphatic heterocycles. The molecule has 0 fully saturated rings. The van der Waals surface area contributed by atoms with Crippen LogP contribution in [0.5, 0.6) is 11.5 Å². The van der Waals surface area contributed by atoms with E-state index in [0.29, 0.717) is 17.2 Å². The summed E-state index contributed by atoms with van der Waals surface area (Å²) < 4.78 is 10.4. The number of benzene rings is 2. The van der Waals surface area contributed by atoms with Crippen molar-refractivity contribution in [1.82, 2.24) is 0 Å². The van der Waals surface area contributed by atoms with E-state index in [2.05, 4.69) is 17.6 Å². The van der Waals surface area contributed by atoms with Gasteiger partial charge in [-0.3, -0.25) is 0 Å². The van der Waals surface area contributed by atoms with Crippen molar-refractivity contribution in [3.8, 4) is 11.5 Å². The summed E-state index contributed by atoms with van der Waals surface area (Å²) in [7, 11) is 3.13. The topological polar surface area (TPSA) is 59.6 Å². The van der Waals surface area contributed by atoms with Crippen LogP contribution in [-0.4, -0.2) is 20.3 Å². The van der Waals surface area contributed by atoms with Gasteiger partial charge in [-0.25, -0.2) is 4.79 Å². The Morgan fingerprint density at radius 2 is 1.87 bits per heavy atom. The Kier molecular flexibility index (Phi) is 5.46. The molecular weight excluding hydrogens is 292 g/mol. The molecule has 0 spiro atoms. The lowest BCUT2D eigenvalue weighted by Crippen LogP contribution is -2.21. The summed E-state index contributed by atoms with van der Waals surface area (Å²) in [6, 6.07) is 10.9. The number of para-hydroxylation sites is 1. The van der Waals surface area contributed by atoms with E-state index in [4.69, 9.17) is 9.47 Å². The molecule has 0 aliphatic carbocycles. The highest BCUT2D eigenvalue weighted by Crippen LogP contribution is 2.29. The standard InChI is InChI=1S/C18H22N2O3/c1-5-13-8-6-7-12(2)17(13)20-18(21)19-15-11-14(22-3)9-10-16(15)23-4/h6-11H,5H2,1-4H3,(H2,19,20,21). The zero-order valence-corrected chi connectivity index (χ0v) is 13.9. The number of aryl methyl sites for hydroxylation is 2. The Hall–Kier alpha value is -2.69. The minimum absolute atomic E-state index is 0.319. The van der Waals surface area contributed by atoms with Crippen molar-refractivity contribution in [2.45, 2.75) is 20.3 Å². The second-order valence-corrected chi connectivity index (χ2v) is 5.11. The number of amides is 2. The van der Waals surface area contributed by atoms with Crippen LogP contribution in [0.2, 0.25) is 0 Å². The molecule has 2 aromatic rings. The molecule has 23 heavy (non-hydrogen) atoms. The van der Waals surface area contributed by atoms with Gasteiger partial charge in [0.05, 0.1) is 19.9 Å². The first-order valence-corrected chi connectivity index (χ1v) is 7.47. The normalized spacial score (nSPS) is 10.1. The second kappa shape index (κ2) is 7.54. The highest BCUT2D eigenvalue weighted by Gasteiger charge is 2.12. The summed E-state index contributed by atoms with van der Waals surface area (Å²) in [6.07, 6.45) is 0.847. The molecule has 0 aliphatic rings. The lowest BCUT2D eigenvalue weighted by atomic mass is 10.1. The minimum Gasteiger partial charge on any atom is -0.497 e. The maximum absolute atomic E-state index is 12.4. The van der Waals surface area contributed by atoms with E-state index in [9.17, 15) is 4.79 Å². The Labute approximate surface area is 136 Å². The molecule has 0 aromatic heterocycles. The second-order valence-electron chi connectivity index (χ2n) is 5.11. The first kappa shape index (κ1) is 16.7. The number of nitrogens with one attached hydrogen (secondary N) is 2. The summed E-state index contributed by atoms with van der Waals surface area (Å²) in [6.45, 7) is 4.03. The van der Waals surface area contributed by atoms with Gasteiger partial charge < -0.3 is 20.1 Å². The Bertz CT molecular complexity index is 699. The Balaban J connectivity index is 2.20. The number of ether oxygens (including phenoxy) is 2. The largest absolute Gasteiger partial charge is 0.497 e. The lowest BCUT2D eigenvalue weighted by molar-refractivity contribution is 0.262. The maximum atomic E-state index is 12.4. The predicted octanol–water partition coefficient (Wildman–Crippen LogP) is 4.22. The van der Waals surface area contributed by atoms with Gasteiger partial charge in [-0.05, 0) is 36.6 Å². The van der Waals surface area contributed by atoms with Crippen molar-refractivity contribution in [1.29, 1.82) is 0 Å². The highest BCUT2D eigenvalue weighted by molar-refractivity contribution is 6.01. The van der Waals surface area contributed by atoms with Crippen molar-refractivity contribution >= 4 is 17.4 Å². The van der Waals surface area contributed by atoms with Gasteiger partial charge in [0.15, 0.2) is 0 Å². The van der Waals surface area contributed by atoms with Crippen molar-refractivity contribution < 1.29 is 14.3 Å². The Morgan fingerprint density at radius 1 is 1.09 bits per heavy atom. The number of carbonyl (C=O) groups excluding carboxylic acids is 1. The van der Waals surface area contributed by atoms with Crippen LogP contribution >= 0.6 is 0 Å². The van der Waals surface area contributed by atoms with Crippen LogP contribution in [0.1, 0.15) is 18.1 Å². The molecule has 5 nitrogen and oxygen atoms in total. The molecule has 0 bridgehead atoms. The van der Waals surface area contributed by atoms with Crippen LogP contribution in [0.15, 0.2) is 36.4 Å². The fourth-order valence-electron chi connectivity index (χ4n) is 2.38. The molecule has 5 heteroatoms. The summed E-state index contributed by atoms with van der Waals surface area (Å²) in [4.78, 5) is 12.4. The van der Waals surface area contributed by atoms with Crippen LogP contribution in [0.3, 0.4) is 0 Å². The van der Waals surface area contributed by atoms with Crippen molar-refractivity contribution in [2.75, 3.05) is 24.9 Å². The minimum atomic E-state index is -0.319. The zero-order valence-electron chi connectivity index (χ0n) is 13.9. The van der Waals surface area contributed by atoms with Gasteiger partial charge in [-0.2, -0.15) is 0 Å². The number of hydrogen-bond acceptors (Lipinski definition) is 3. The maximum Gasteiger partial charge on any atom is 0.323 e. The molecular formula is C18H22N2O3. The van der Waals surface area contributed by atoms with Gasteiger partial charge in [0.2, 0.25) is 0 Å². The van der Waals surface area contributed by atoms with Crippen LogP contribution in [0.25, 0.3) is 0 Å². The first-order chi connectivity index (χ1) is 11.1. The summed E-state index contributed by atoms with van der Waals surface area (Å²) in [5.41, 5.74) is 3.51. The number of methoxy groups -OCH3 is 2. The monoisotopic (exact) mass is 314 g/mol. The number of hydrogen-bond donors (Lipinski definition) is 2. The molecule has 2 rings (SSSR count). The van der Waals surface area contributed by atoms with Gasteiger partial charge >= 0.3 is 6.03 Å². The number of anilines is 2. The molecule has 0 atom stereocenters. The number of rotatable bonds is 5. The van der Waals surface area contributed by atoms with Gasteiger partial charge in [0.1, 0.15) is 11.5 Å². The van der Waals surface area contributed by atoms with E-state index in [-0.39, 0.29) is 6.03 Å².